The third-order valence-electron chi connectivity index (χ3n) is 2.99. The highest BCUT2D eigenvalue weighted by atomic mass is 35.5. The van der Waals surface area contributed by atoms with E-state index in [0.29, 0.717) is 0 Å². The Morgan fingerprint density at radius 2 is 1.96 bits per heavy atom. The van der Waals surface area contributed by atoms with Crippen LogP contribution < -0.4 is 15.6 Å². The lowest BCUT2D eigenvalue weighted by Gasteiger charge is -2.10. The van der Waals surface area contributed by atoms with Crippen molar-refractivity contribution in [1.82, 2.24) is 20.6 Å². The Labute approximate surface area is 142 Å². The van der Waals surface area contributed by atoms with Gasteiger partial charge in [-0.25, -0.2) is 4.39 Å². The number of aryl methyl sites for hydroxylation is 2. The number of carbonyl (C=O) groups is 2. The number of ether oxygens (including phenoxy) is 1. The van der Waals surface area contributed by atoms with Crippen LogP contribution in [0, 0.1) is 19.7 Å². The number of aromatic nitrogens is 2. The fourth-order valence-electron chi connectivity index (χ4n) is 1.92. The predicted octanol–water partition coefficient (Wildman–Crippen LogP) is 1.52. The molecule has 9 heteroatoms. The van der Waals surface area contributed by atoms with E-state index in [2.05, 4.69) is 16.0 Å². The van der Waals surface area contributed by atoms with Crippen LogP contribution in [0.4, 0.5) is 4.39 Å². The fraction of sp³-hybridized carbons (Fsp3) is 0.267. The Bertz CT molecular complexity index is 763. The van der Waals surface area contributed by atoms with Crippen LogP contribution in [0.1, 0.15) is 11.4 Å². The Balaban J connectivity index is 1.76. The molecule has 7 nitrogen and oxygen atoms in total. The first-order valence-corrected chi connectivity index (χ1v) is 7.39. The van der Waals surface area contributed by atoms with Crippen molar-refractivity contribution in [2.24, 2.45) is 0 Å². The number of benzene rings is 1. The molecule has 1 heterocycles. The summed E-state index contributed by atoms with van der Waals surface area (Å²) in [5.41, 5.74) is 6.10. The first-order valence-electron chi connectivity index (χ1n) is 7.01. The molecular formula is C15H16ClFN4O3. The molecule has 1 aromatic carbocycles. The molecule has 0 saturated carbocycles. The maximum absolute atomic E-state index is 12.9. The van der Waals surface area contributed by atoms with Crippen LogP contribution in [0.25, 0.3) is 0 Å². The van der Waals surface area contributed by atoms with Gasteiger partial charge in [0.25, 0.3) is 11.8 Å². The van der Waals surface area contributed by atoms with E-state index in [-0.39, 0.29) is 23.9 Å². The van der Waals surface area contributed by atoms with Crippen LogP contribution in [0.2, 0.25) is 5.02 Å². The molecule has 0 fully saturated rings. The Kier molecular flexibility index (Phi) is 5.75. The van der Waals surface area contributed by atoms with E-state index in [1.807, 2.05) is 19.9 Å². The monoisotopic (exact) mass is 354 g/mol. The lowest BCUT2D eigenvalue weighted by Crippen LogP contribution is -2.45. The smallest absolute Gasteiger partial charge is 0.276 e. The van der Waals surface area contributed by atoms with Crippen LogP contribution in [0.15, 0.2) is 24.3 Å². The number of nitrogens with one attached hydrogen (secondary N) is 2. The van der Waals surface area contributed by atoms with Gasteiger partial charge in [0.05, 0.1) is 10.7 Å². The summed E-state index contributed by atoms with van der Waals surface area (Å²) in [5.74, 6) is -1.36. The van der Waals surface area contributed by atoms with Gasteiger partial charge in [-0.2, -0.15) is 5.10 Å². The van der Waals surface area contributed by atoms with Crippen molar-refractivity contribution in [1.29, 1.82) is 0 Å². The highest BCUT2D eigenvalue weighted by Crippen LogP contribution is 2.24. The SMILES string of the molecule is Cc1cc(C)n(CC(=O)NNC(=O)COc2ccc(F)cc2Cl)n1. The van der Waals surface area contributed by atoms with Crippen LogP contribution >= 0.6 is 11.6 Å². The van der Waals surface area contributed by atoms with Gasteiger partial charge in [-0.05, 0) is 38.1 Å². The van der Waals surface area contributed by atoms with E-state index in [9.17, 15) is 14.0 Å². The second kappa shape index (κ2) is 7.78. The van der Waals surface area contributed by atoms with E-state index in [1.54, 1.807) is 0 Å². The molecule has 0 aliphatic carbocycles. The molecule has 0 atom stereocenters. The average Bonchev–Trinajstić information content (AvgIpc) is 2.82. The number of carbonyl (C=O) groups excluding carboxylic acids is 2. The maximum Gasteiger partial charge on any atom is 0.276 e. The van der Waals surface area contributed by atoms with Crippen molar-refractivity contribution in [3.05, 3.63) is 46.5 Å². The Hall–Kier alpha value is -2.61. The van der Waals surface area contributed by atoms with Crippen LogP contribution in [-0.4, -0.2) is 28.2 Å². The van der Waals surface area contributed by atoms with Gasteiger partial charge in [0.15, 0.2) is 6.61 Å². The molecule has 0 saturated heterocycles. The van der Waals surface area contributed by atoms with Gasteiger partial charge >= 0.3 is 0 Å². The number of rotatable bonds is 5. The van der Waals surface area contributed by atoms with Gasteiger partial charge in [-0.15, -0.1) is 0 Å². The van der Waals surface area contributed by atoms with Crippen molar-refractivity contribution < 1.29 is 18.7 Å². The number of hydrazine groups is 1. The molecule has 0 unspecified atom stereocenters. The summed E-state index contributed by atoms with van der Waals surface area (Å²) in [4.78, 5) is 23.4. The first kappa shape index (κ1) is 17.7. The van der Waals surface area contributed by atoms with E-state index < -0.39 is 17.6 Å². The van der Waals surface area contributed by atoms with Crippen LogP contribution in [0.3, 0.4) is 0 Å². The molecule has 1 aromatic heterocycles. The zero-order valence-corrected chi connectivity index (χ0v) is 13.9. The summed E-state index contributed by atoms with van der Waals surface area (Å²) in [6.45, 7) is 3.24. The normalized spacial score (nSPS) is 10.3. The molecule has 24 heavy (non-hydrogen) atoms. The molecule has 2 rings (SSSR count). The summed E-state index contributed by atoms with van der Waals surface area (Å²) < 4.78 is 19.6. The van der Waals surface area contributed by atoms with Crippen molar-refractivity contribution in [3.8, 4) is 5.75 Å². The minimum Gasteiger partial charge on any atom is -0.482 e. The number of amides is 2. The van der Waals surface area contributed by atoms with Gasteiger partial charge < -0.3 is 4.74 Å². The summed E-state index contributed by atoms with van der Waals surface area (Å²) in [5, 5.41) is 4.20. The summed E-state index contributed by atoms with van der Waals surface area (Å²) in [7, 11) is 0. The molecule has 0 bridgehead atoms. The van der Waals surface area contributed by atoms with Crippen molar-refractivity contribution in [2.45, 2.75) is 20.4 Å². The molecule has 2 aromatic rings. The van der Waals surface area contributed by atoms with Gasteiger partial charge in [0.2, 0.25) is 0 Å². The molecule has 0 aliphatic rings. The van der Waals surface area contributed by atoms with Crippen molar-refractivity contribution >= 4 is 23.4 Å². The Morgan fingerprint density at radius 3 is 2.58 bits per heavy atom. The standard InChI is InChI=1S/C15H16ClFN4O3/c1-9-5-10(2)21(20-9)7-14(22)18-19-15(23)8-24-13-4-3-11(17)6-12(13)16/h3-6H,7-8H2,1-2H3,(H,18,22)(H,19,23). The van der Waals surface area contributed by atoms with Gasteiger partial charge in [-0.3, -0.25) is 25.1 Å². The minimum atomic E-state index is -0.586. The largest absolute Gasteiger partial charge is 0.482 e. The number of nitrogens with zero attached hydrogens (tertiary/aromatic N) is 2. The molecule has 0 aliphatic heterocycles. The number of halogens is 2. The molecule has 128 valence electrons. The third-order valence-corrected chi connectivity index (χ3v) is 3.29. The average molecular weight is 355 g/mol. The first-order chi connectivity index (χ1) is 11.3. The third kappa shape index (κ3) is 4.95. The summed E-state index contributed by atoms with van der Waals surface area (Å²) in [6.07, 6.45) is 0. The summed E-state index contributed by atoms with van der Waals surface area (Å²) >= 11 is 5.77. The number of hydrogen-bond acceptors (Lipinski definition) is 4. The maximum atomic E-state index is 12.9. The van der Waals surface area contributed by atoms with Gasteiger partial charge in [0, 0.05) is 5.69 Å². The lowest BCUT2D eigenvalue weighted by atomic mass is 10.3. The fourth-order valence-corrected chi connectivity index (χ4v) is 2.14. The molecule has 2 amide bonds. The van der Waals surface area contributed by atoms with E-state index >= 15 is 0 Å². The second-order valence-electron chi connectivity index (χ2n) is 5.04. The molecule has 2 N–H and O–H groups in total. The minimum absolute atomic E-state index is 0.0232. The van der Waals surface area contributed by atoms with E-state index in [1.165, 1.54) is 10.7 Å². The Morgan fingerprint density at radius 1 is 1.25 bits per heavy atom. The van der Waals surface area contributed by atoms with E-state index in [4.69, 9.17) is 16.3 Å². The zero-order valence-electron chi connectivity index (χ0n) is 13.1. The second-order valence-corrected chi connectivity index (χ2v) is 5.45. The summed E-state index contributed by atoms with van der Waals surface area (Å²) in [6, 6.07) is 5.39. The highest BCUT2D eigenvalue weighted by Gasteiger charge is 2.10. The van der Waals surface area contributed by atoms with Gasteiger partial charge in [-0.1, -0.05) is 11.6 Å². The zero-order chi connectivity index (χ0) is 17.7. The lowest BCUT2D eigenvalue weighted by molar-refractivity contribution is -0.130. The van der Waals surface area contributed by atoms with Crippen LogP contribution in [0.5, 0.6) is 5.75 Å². The molecular weight excluding hydrogens is 339 g/mol. The topological polar surface area (TPSA) is 85.2 Å². The molecule has 0 radical (unpaired) electrons. The highest BCUT2D eigenvalue weighted by molar-refractivity contribution is 6.32. The van der Waals surface area contributed by atoms with E-state index in [0.717, 1.165) is 23.5 Å². The van der Waals surface area contributed by atoms with Gasteiger partial charge in [0.1, 0.15) is 18.1 Å². The van der Waals surface area contributed by atoms with Crippen molar-refractivity contribution in [3.63, 3.8) is 0 Å². The van der Waals surface area contributed by atoms with Crippen molar-refractivity contribution in [2.75, 3.05) is 6.61 Å². The number of hydrogen-bond donors (Lipinski definition) is 2. The molecule has 0 spiro atoms. The quantitative estimate of drug-likeness (QED) is 0.797. The predicted molar refractivity (Wildman–Crippen MR) is 84.9 cm³/mol. The van der Waals surface area contributed by atoms with Crippen LogP contribution in [-0.2, 0) is 16.1 Å².